The van der Waals surface area contributed by atoms with Crippen molar-refractivity contribution in [3.05, 3.63) is 22.7 Å². The lowest BCUT2D eigenvalue weighted by atomic mass is 10.3. The zero-order chi connectivity index (χ0) is 17.0. The lowest BCUT2D eigenvalue weighted by molar-refractivity contribution is 0.0906. The van der Waals surface area contributed by atoms with Gasteiger partial charge in [0.25, 0.3) is 0 Å². The Labute approximate surface area is 147 Å². The number of aromatic nitrogens is 2. The Bertz CT molecular complexity index is 655. The van der Waals surface area contributed by atoms with Crippen LogP contribution in [0.2, 0.25) is 25.7 Å². The van der Waals surface area contributed by atoms with E-state index in [2.05, 4.69) is 51.2 Å². The number of fused-ring (bicyclic) bond motifs is 1. The van der Waals surface area contributed by atoms with Crippen molar-refractivity contribution >= 4 is 41.0 Å². The van der Waals surface area contributed by atoms with Gasteiger partial charge in [0, 0.05) is 32.7 Å². The molecule has 0 amide bonds. The van der Waals surface area contributed by atoms with E-state index in [-0.39, 0.29) is 6.61 Å². The monoisotopic (exact) mass is 399 g/mol. The molecular formula is C16H26BrN3O2Si. The lowest BCUT2D eigenvalue weighted by Gasteiger charge is -2.20. The summed E-state index contributed by atoms with van der Waals surface area (Å²) in [4.78, 5) is 6.64. The van der Waals surface area contributed by atoms with E-state index in [1.165, 1.54) is 0 Å². The number of hydrogen-bond acceptors (Lipinski definition) is 4. The molecule has 0 aliphatic carbocycles. The van der Waals surface area contributed by atoms with E-state index in [4.69, 9.17) is 4.74 Å². The Balaban J connectivity index is 2.23. The van der Waals surface area contributed by atoms with Crippen molar-refractivity contribution in [2.45, 2.75) is 32.4 Å². The average Bonchev–Trinajstić information content (AvgIpc) is 2.81. The number of aliphatic hydroxyl groups excluding tert-OH is 1. The van der Waals surface area contributed by atoms with Gasteiger partial charge in [0.05, 0.1) is 17.6 Å². The Hall–Kier alpha value is -0.893. The number of nitrogens with zero attached hydrogens (tertiary/aromatic N) is 3. The van der Waals surface area contributed by atoms with E-state index in [9.17, 15) is 5.11 Å². The summed E-state index contributed by atoms with van der Waals surface area (Å²) < 4.78 is 9.01. The first-order valence-electron chi connectivity index (χ1n) is 7.87. The summed E-state index contributed by atoms with van der Waals surface area (Å²) in [6.45, 7) is 8.93. The fourth-order valence-corrected chi connectivity index (χ4v) is 3.39. The second kappa shape index (κ2) is 7.79. The standard InChI is InChI=1S/C16H26BrN3O2Si/c1-19(7-8-21)16-18-14-6-5-13(17)11-15(14)20(16)12-22-9-10-23(2,3)4/h5-6,11,21H,7-10,12H2,1-4H3. The van der Waals surface area contributed by atoms with E-state index in [1.54, 1.807) is 0 Å². The first kappa shape index (κ1) is 18.4. The van der Waals surface area contributed by atoms with Gasteiger partial charge in [0.1, 0.15) is 6.73 Å². The Kier molecular flexibility index (Phi) is 6.24. The van der Waals surface area contributed by atoms with Crippen molar-refractivity contribution in [2.75, 3.05) is 31.7 Å². The van der Waals surface area contributed by atoms with Gasteiger partial charge in [0.2, 0.25) is 5.95 Å². The fraction of sp³-hybridized carbons (Fsp3) is 0.562. The molecule has 2 aromatic rings. The molecule has 0 spiro atoms. The SMILES string of the molecule is CN(CCO)c1nc2ccc(Br)cc2n1COCC[Si](C)(C)C. The number of benzene rings is 1. The molecule has 0 aliphatic rings. The van der Waals surface area contributed by atoms with Crippen LogP contribution in [0, 0.1) is 0 Å². The molecule has 2 rings (SSSR count). The summed E-state index contributed by atoms with van der Waals surface area (Å²) in [7, 11) is 0.845. The zero-order valence-electron chi connectivity index (χ0n) is 14.3. The van der Waals surface area contributed by atoms with E-state index in [0.29, 0.717) is 13.3 Å². The maximum Gasteiger partial charge on any atom is 0.208 e. The van der Waals surface area contributed by atoms with Gasteiger partial charge in [0.15, 0.2) is 0 Å². The highest BCUT2D eigenvalue weighted by Gasteiger charge is 2.16. The second-order valence-corrected chi connectivity index (χ2v) is 13.5. The summed E-state index contributed by atoms with van der Waals surface area (Å²) in [5.41, 5.74) is 1.97. The van der Waals surface area contributed by atoms with Crippen LogP contribution in [-0.4, -0.2) is 49.5 Å². The Morgan fingerprint density at radius 1 is 1.35 bits per heavy atom. The van der Waals surface area contributed by atoms with Gasteiger partial charge in [-0.25, -0.2) is 4.98 Å². The molecule has 128 valence electrons. The molecule has 5 nitrogen and oxygen atoms in total. The van der Waals surface area contributed by atoms with Crippen molar-refractivity contribution in [3.63, 3.8) is 0 Å². The first-order chi connectivity index (χ1) is 10.8. The van der Waals surface area contributed by atoms with E-state index in [0.717, 1.165) is 34.1 Å². The molecule has 0 saturated heterocycles. The summed E-state index contributed by atoms with van der Waals surface area (Å²) in [6, 6.07) is 7.18. The minimum atomic E-state index is -1.09. The lowest BCUT2D eigenvalue weighted by Crippen LogP contribution is -2.26. The average molecular weight is 400 g/mol. The maximum absolute atomic E-state index is 9.20. The van der Waals surface area contributed by atoms with Gasteiger partial charge in [-0.1, -0.05) is 35.6 Å². The molecule has 0 radical (unpaired) electrons. The van der Waals surface area contributed by atoms with Crippen LogP contribution in [0.5, 0.6) is 0 Å². The van der Waals surface area contributed by atoms with Crippen molar-refractivity contribution in [1.82, 2.24) is 9.55 Å². The molecule has 0 bridgehead atoms. The van der Waals surface area contributed by atoms with Crippen molar-refractivity contribution < 1.29 is 9.84 Å². The number of imidazole rings is 1. The van der Waals surface area contributed by atoms with Gasteiger partial charge in [-0.3, -0.25) is 4.57 Å². The molecule has 7 heteroatoms. The molecule has 0 saturated carbocycles. The molecule has 1 aromatic heterocycles. The smallest absolute Gasteiger partial charge is 0.208 e. The molecule has 1 N–H and O–H groups in total. The van der Waals surface area contributed by atoms with E-state index < -0.39 is 8.07 Å². The normalized spacial score (nSPS) is 12.1. The molecule has 0 aliphatic heterocycles. The quantitative estimate of drug-likeness (QED) is 0.544. The summed E-state index contributed by atoms with van der Waals surface area (Å²) >= 11 is 3.52. The van der Waals surface area contributed by atoms with Gasteiger partial charge in [-0.2, -0.15) is 0 Å². The summed E-state index contributed by atoms with van der Waals surface area (Å²) in [5.74, 6) is 0.820. The maximum atomic E-state index is 9.20. The number of hydrogen-bond donors (Lipinski definition) is 1. The van der Waals surface area contributed by atoms with Crippen LogP contribution >= 0.6 is 15.9 Å². The molecule has 23 heavy (non-hydrogen) atoms. The van der Waals surface area contributed by atoms with Crippen LogP contribution < -0.4 is 4.90 Å². The minimum absolute atomic E-state index is 0.0971. The number of aliphatic hydroxyl groups is 1. The highest BCUT2D eigenvalue weighted by Crippen LogP contribution is 2.25. The highest BCUT2D eigenvalue weighted by atomic mass is 79.9. The van der Waals surface area contributed by atoms with Crippen LogP contribution in [0.1, 0.15) is 0 Å². The van der Waals surface area contributed by atoms with Gasteiger partial charge in [-0.15, -0.1) is 0 Å². The predicted molar refractivity (Wildman–Crippen MR) is 102 cm³/mol. The van der Waals surface area contributed by atoms with Crippen LogP contribution in [-0.2, 0) is 11.5 Å². The molecule has 0 fully saturated rings. The number of rotatable bonds is 8. The van der Waals surface area contributed by atoms with Crippen molar-refractivity contribution in [1.29, 1.82) is 0 Å². The van der Waals surface area contributed by atoms with Gasteiger partial charge in [-0.05, 0) is 24.2 Å². The third-order valence-corrected chi connectivity index (χ3v) is 5.88. The topological polar surface area (TPSA) is 50.5 Å². The largest absolute Gasteiger partial charge is 0.395 e. The molecule has 0 atom stereocenters. The van der Waals surface area contributed by atoms with Gasteiger partial charge >= 0.3 is 0 Å². The number of ether oxygens (including phenoxy) is 1. The third kappa shape index (κ3) is 5.04. The molecule has 0 unspecified atom stereocenters. The summed E-state index contributed by atoms with van der Waals surface area (Å²) in [6.07, 6.45) is 0. The second-order valence-electron chi connectivity index (χ2n) is 6.97. The van der Waals surface area contributed by atoms with E-state index >= 15 is 0 Å². The molecule has 1 aromatic carbocycles. The number of likely N-dealkylation sites (N-methyl/N-ethyl adjacent to an activating group) is 1. The Morgan fingerprint density at radius 2 is 2.09 bits per heavy atom. The van der Waals surface area contributed by atoms with Crippen molar-refractivity contribution in [3.8, 4) is 0 Å². The minimum Gasteiger partial charge on any atom is -0.395 e. The van der Waals surface area contributed by atoms with E-state index in [1.807, 2.05) is 24.1 Å². The van der Waals surface area contributed by atoms with Crippen LogP contribution in [0.3, 0.4) is 0 Å². The molecular weight excluding hydrogens is 374 g/mol. The Morgan fingerprint density at radius 3 is 2.74 bits per heavy atom. The molecule has 1 heterocycles. The predicted octanol–water partition coefficient (Wildman–Crippen LogP) is 3.54. The van der Waals surface area contributed by atoms with Crippen LogP contribution in [0.25, 0.3) is 11.0 Å². The number of halogens is 1. The van der Waals surface area contributed by atoms with Crippen molar-refractivity contribution in [2.24, 2.45) is 0 Å². The van der Waals surface area contributed by atoms with Crippen LogP contribution in [0.4, 0.5) is 5.95 Å². The van der Waals surface area contributed by atoms with Crippen LogP contribution in [0.15, 0.2) is 22.7 Å². The highest BCUT2D eigenvalue weighted by molar-refractivity contribution is 9.10. The summed E-state index contributed by atoms with van der Waals surface area (Å²) in [5, 5.41) is 9.20. The first-order valence-corrected chi connectivity index (χ1v) is 12.4. The third-order valence-electron chi connectivity index (χ3n) is 3.68. The fourth-order valence-electron chi connectivity index (χ4n) is 2.29. The van der Waals surface area contributed by atoms with Gasteiger partial charge < -0.3 is 14.7 Å². The number of anilines is 1. The zero-order valence-corrected chi connectivity index (χ0v) is 16.9.